The van der Waals surface area contributed by atoms with Crippen LogP contribution in [0, 0.1) is 0 Å². The summed E-state index contributed by atoms with van der Waals surface area (Å²) in [6.45, 7) is 16.1. The third kappa shape index (κ3) is 16.2. The Morgan fingerprint density at radius 1 is 0.768 bits per heavy atom. The summed E-state index contributed by atoms with van der Waals surface area (Å²) in [7, 11) is 13.9. The van der Waals surface area contributed by atoms with Gasteiger partial charge in [0.2, 0.25) is 7.75 Å². The Morgan fingerprint density at radius 3 is 1.77 bits per heavy atom. The zero-order chi connectivity index (χ0) is 42.1. The smallest absolute Gasteiger partial charge is 0.268 e. The monoisotopic (exact) mass is 833 g/mol. The first-order chi connectivity index (χ1) is 26.0. The molecule has 8 radical (unpaired) electrons. The van der Waals surface area contributed by atoms with E-state index in [0.29, 0.717) is 6.42 Å². The second-order valence-corrected chi connectivity index (χ2v) is 18.0. The zero-order valence-corrected chi connectivity index (χ0v) is 35.4. The molecule has 0 spiro atoms. The van der Waals surface area contributed by atoms with Gasteiger partial charge in [0.1, 0.15) is 80.7 Å². The third-order valence-corrected chi connectivity index (χ3v) is 10.9. The van der Waals surface area contributed by atoms with Gasteiger partial charge in [-0.15, -0.1) is 0 Å². The molecule has 56 heavy (non-hydrogen) atoms. The molecule has 0 amide bonds. The Hall–Kier alpha value is 0.0797. The van der Waals surface area contributed by atoms with Crippen LogP contribution in [0.15, 0.2) is 0 Å². The first-order valence-electron chi connectivity index (χ1n) is 19.1. The van der Waals surface area contributed by atoms with Crippen molar-refractivity contribution >= 4 is 47.0 Å². The van der Waals surface area contributed by atoms with E-state index < -0.39 is 76.3 Å². The van der Waals surface area contributed by atoms with Crippen LogP contribution in [0.1, 0.15) is 68.2 Å². The summed E-state index contributed by atoms with van der Waals surface area (Å²) in [5, 5.41) is 12.5. The van der Waals surface area contributed by atoms with Gasteiger partial charge in [0, 0.05) is 30.6 Å². The average molecular weight is 833 g/mol. The van der Waals surface area contributed by atoms with Crippen molar-refractivity contribution in [1.29, 1.82) is 0 Å². The molecule has 316 valence electrons. The Labute approximate surface area is 336 Å². The van der Waals surface area contributed by atoms with E-state index in [9.17, 15) is 24.0 Å². The molecule has 5 rings (SSSR count). The van der Waals surface area contributed by atoms with Crippen molar-refractivity contribution in [1.82, 2.24) is 5.09 Å². The minimum Gasteiger partial charge on any atom is -0.766 e. The Morgan fingerprint density at radius 2 is 1.25 bits per heavy atom. The first-order valence-corrected chi connectivity index (χ1v) is 22.1. The molecule has 5 saturated heterocycles. The number of nitrogens with one attached hydrogen (secondary N) is 1. The number of quaternary nitrogens is 1. The predicted molar refractivity (Wildman–Crippen MR) is 201 cm³/mol. The topological polar surface area (TPSA) is 242 Å². The average Bonchev–Trinajstić information content (AvgIpc) is 3.84. The molecule has 0 saturated carbocycles. The molecule has 8 unspecified atom stereocenters. The normalized spacial score (nSPS) is 40.5. The lowest BCUT2D eigenvalue weighted by Gasteiger charge is -2.32. The zero-order valence-electron chi connectivity index (χ0n) is 33.6. The van der Waals surface area contributed by atoms with E-state index in [-0.39, 0.29) is 68.5 Å². The SMILES string of the molecule is [B][C@@H]1O[C@H](COC(C)C)C(OP(=O)([O-])NC[C@H]2O[C@@H]([B])CC2OC(C)C)C1O.[B][C@@H]1O[C@H](COC(C)C)C2OP(=O)([O-])OC21.[B][C@H]1CC(OC(C)C)[C@@H](C[NH3+])O1. The number of hydrogen-bond donors (Lipinski definition) is 3. The first kappa shape index (κ1) is 50.4. The van der Waals surface area contributed by atoms with Gasteiger partial charge in [-0.1, -0.05) is 0 Å². The van der Waals surface area contributed by atoms with Crippen molar-refractivity contribution in [3.8, 4) is 0 Å². The number of ether oxygens (including phenoxy) is 8. The summed E-state index contributed by atoms with van der Waals surface area (Å²) >= 11 is 0. The van der Waals surface area contributed by atoms with Crippen LogP contribution in [0.3, 0.4) is 0 Å². The highest BCUT2D eigenvalue weighted by Gasteiger charge is 2.52. The van der Waals surface area contributed by atoms with Gasteiger partial charge in [-0.2, -0.15) is 0 Å². The molecule has 18 nitrogen and oxygen atoms in total. The highest BCUT2D eigenvalue weighted by molar-refractivity contribution is 7.49. The molecule has 0 aromatic rings. The molecule has 0 aromatic heterocycles. The summed E-state index contributed by atoms with van der Waals surface area (Å²) in [5.74, 6) is 0. The molecule has 5 aliphatic rings. The lowest BCUT2D eigenvalue weighted by atomic mass is 9.93. The lowest BCUT2D eigenvalue weighted by Crippen LogP contribution is -2.58. The standard InChI is InChI=1S/C16H30B2NO8P.C8H16BNO2.C8H14BO6P/c1-8(2)23-7-12-15(14(20)16(18)26-12)27-28(21,22)19-6-11-10(24-9(3)4)5-13(17)25-11;1-5(2)11-6-3-8(9)12-7(6)4-10;1-4(2)12-3-5-6-7(8(9)13-5)15-16(10,11)14-6/h8-16,20H,5-7H2,1-4H3,(H2,19,21,22);5-8H,3-4,10H2,1-2H3;4-8H,3H2,1-2H3,(H,10,11)/p-1/t10?,11-,12-,13-,14?,15?,16-;6?,7-,8-;5-,6?,7?,8-/m111/s1. The lowest BCUT2D eigenvalue weighted by molar-refractivity contribution is -0.388. The Balaban J connectivity index is 0.000000251. The fourth-order valence-electron chi connectivity index (χ4n) is 6.38. The summed E-state index contributed by atoms with van der Waals surface area (Å²) in [4.78, 5) is 23.5. The number of aliphatic hydroxyl groups excluding tert-OH is 1. The van der Waals surface area contributed by atoms with Crippen molar-refractivity contribution in [3.05, 3.63) is 0 Å². The van der Waals surface area contributed by atoms with Gasteiger partial charge in [0.05, 0.1) is 55.9 Å². The molecule has 5 heterocycles. The largest absolute Gasteiger partial charge is 0.766 e. The van der Waals surface area contributed by atoms with Crippen molar-refractivity contribution in [2.24, 2.45) is 0 Å². The molecule has 0 aromatic carbocycles. The van der Waals surface area contributed by atoms with Crippen LogP contribution in [-0.2, 0) is 60.6 Å². The second kappa shape index (κ2) is 22.8. The highest BCUT2D eigenvalue weighted by Crippen LogP contribution is 2.53. The van der Waals surface area contributed by atoms with Crippen LogP contribution in [0.25, 0.3) is 0 Å². The van der Waals surface area contributed by atoms with E-state index in [1.165, 1.54) is 0 Å². The molecule has 5 aliphatic heterocycles. The van der Waals surface area contributed by atoms with Gasteiger partial charge < -0.3 is 72.1 Å². The van der Waals surface area contributed by atoms with Gasteiger partial charge in [0.25, 0.3) is 7.82 Å². The van der Waals surface area contributed by atoms with Crippen molar-refractivity contribution < 1.29 is 81.2 Å². The van der Waals surface area contributed by atoms with Gasteiger partial charge >= 0.3 is 0 Å². The summed E-state index contributed by atoms with van der Waals surface area (Å²) in [6, 6.07) is -2.55. The second-order valence-electron chi connectivity index (χ2n) is 15.2. The van der Waals surface area contributed by atoms with Gasteiger partial charge in [0.15, 0.2) is 0 Å². The maximum absolute atomic E-state index is 12.4. The number of hydrogen-bond acceptors (Lipinski definition) is 16. The van der Waals surface area contributed by atoms with E-state index >= 15 is 0 Å². The molecular weight excluding hydrogens is 774 g/mol. The summed E-state index contributed by atoms with van der Waals surface area (Å²) < 4.78 is 81.9. The van der Waals surface area contributed by atoms with Crippen LogP contribution in [0.5, 0.6) is 0 Å². The minimum absolute atomic E-state index is 0.0280. The van der Waals surface area contributed by atoms with E-state index in [4.69, 9.17) is 82.9 Å². The van der Waals surface area contributed by atoms with Crippen molar-refractivity contribution in [2.75, 3.05) is 26.3 Å². The van der Waals surface area contributed by atoms with Crippen molar-refractivity contribution in [2.45, 2.75) is 178 Å². The molecule has 5 N–H and O–H groups in total. The van der Waals surface area contributed by atoms with Crippen LogP contribution < -0.4 is 20.6 Å². The van der Waals surface area contributed by atoms with E-state index in [2.05, 4.69) is 10.8 Å². The number of fused-ring (bicyclic) bond motifs is 1. The predicted octanol–water partition coefficient (Wildman–Crippen LogP) is -1.95. The highest BCUT2D eigenvalue weighted by atomic mass is 31.2. The molecule has 5 fully saturated rings. The summed E-state index contributed by atoms with van der Waals surface area (Å²) in [6.07, 6.45) is -4.55. The van der Waals surface area contributed by atoms with Crippen LogP contribution >= 0.6 is 15.6 Å². The van der Waals surface area contributed by atoms with E-state index in [1.54, 1.807) is 0 Å². The quantitative estimate of drug-likeness (QED) is 0.113. The van der Waals surface area contributed by atoms with Crippen molar-refractivity contribution in [3.63, 3.8) is 0 Å². The van der Waals surface area contributed by atoms with Gasteiger partial charge in [-0.3, -0.25) is 14.2 Å². The molecule has 16 atom stereocenters. The summed E-state index contributed by atoms with van der Waals surface area (Å²) in [5.41, 5.74) is 3.80. The third-order valence-electron chi connectivity index (χ3n) is 8.79. The maximum Gasteiger partial charge on any atom is 0.268 e. The maximum atomic E-state index is 12.4. The van der Waals surface area contributed by atoms with Gasteiger partial charge in [-0.05, 0) is 68.2 Å². The molecule has 24 heteroatoms. The minimum atomic E-state index is -4.55. The Kier molecular flexibility index (Phi) is 20.5. The van der Waals surface area contributed by atoms with E-state index in [0.717, 1.165) is 13.0 Å². The molecular formula is C32H59B4N2O16P2-. The van der Waals surface area contributed by atoms with Gasteiger partial charge in [-0.25, -0.2) is 0 Å². The fourth-order valence-corrected chi connectivity index (χ4v) is 8.58. The van der Waals surface area contributed by atoms with Crippen LogP contribution in [-0.4, -0.2) is 172 Å². The van der Waals surface area contributed by atoms with Crippen LogP contribution in [0.2, 0.25) is 0 Å². The van der Waals surface area contributed by atoms with Crippen LogP contribution in [0.4, 0.5) is 0 Å². The number of phosphoric acid groups is 1. The molecule has 0 aliphatic carbocycles. The number of rotatable bonds is 16. The number of phosphoric ester groups is 1. The number of aliphatic hydroxyl groups is 1. The molecule has 0 bridgehead atoms. The fraction of sp³-hybridized carbons (Fsp3) is 1.00. The van der Waals surface area contributed by atoms with E-state index in [1.807, 2.05) is 55.4 Å². The Bertz CT molecular complexity index is 1270.